The summed E-state index contributed by atoms with van der Waals surface area (Å²) in [5.74, 6) is 1.50. The highest BCUT2D eigenvalue weighted by molar-refractivity contribution is 9.10. The van der Waals surface area contributed by atoms with Gasteiger partial charge in [-0.3, -0.25) is 0 Å². The molecule has 0 amide bonds. The molecule has 0 saturated carbocycles. The lowest BCUT2D eigenvalue weighted by molar-refractivity contribution is 0.208. The Morgan fingerprint density at radius 3 is 2.56 bits per heavy atom. The van der Waals surface area contributed by atoms with Gasteiger partial charge in [0.25, 0.3) is 0 Å². The van der Waals surface area contributed by atoms with Crippen LogP contribution < -0.4 is 5.32 Å². The Balaban J connectivity index is 2.90. The molecule has 4 nitrogen and oxygen atoms in total. The third-order valence-corrected chi connectivity index (χ3v) is 2.35. The van der Waals surface area contributed by atoms with E-state index in [0.717, 1.165) is 16.2 Å². The molecular formula is C11H18BrN3O. The minimum atomic E-state index is -0.396. The fourth-order valence-electron chi connectivity index (χ4n) is 1.10. The van der Waals surface area contributed by atoms with E-state index in [0.29, 0.717) is 6.54 Å². The van der Waals surface area contributed by atoms with Crippen LogP contribution in [0.5, 0.6) is 0 Å². The molecule has 0 saturated heterocycles. The van der Waals surface area contributed by atoms with Gasteiger partial charge in [-0.2, -0.15) is 0 Å². The molecule has 1 heterocycles. The van der Waals surface area contributed by atoms with Crippen LogP contribution in [0.4, 0.5) is 5.82 Å². The predicted molar refractivity (Wildman–Crippen MR) is 68.6 cm³/mol. The molecule has 16 heavy (non-hydrogen) atoms. The first-order valence-electron chi connectivity index (χ1n) is 5.26. The Morgan fingerprint density at radius 2 is 2.06 bits per heavy atom. The second-order valence-electron chi connectivity index (χ2n) is 4.88. The van der Waals surface area contributed by atoms with Crippen molar-refractivity contribution in [1.29, 1.82) is 0 Å². The van der Waals surface area contributed by atoms with E-state index in [1.807, 2.05) is 0 Å². The zero-order valence-electron chi connectivity index (χ0n) is 10.1. The molecule has 0 aromatic carbocycles. The minimum absolute atomic E-state index is 0.0922. The highest BCUT2D eigenvalue weighted by atomic mass is 79.9. The van der Waals surface area contributed by atoms with Crippen LogP contribution in [0.15, 0.2) is 10.7 Å². The van der Waals surface area contributed by atoms with E-state index in [4.69, 9.17) is 0 Å². The number of hydrogen-bond acceptors (Lipinski definition) is 4. The van der Waals surface area contributed by atoms with Gasteiger partial charge >= 0.3 is 0 Å². The molecule has 0 fully saturated rings. The summed E-state index contributed by atoms with van der Waals surface area (Å²) < 4.78 is 0.750. The van der Waals surface area contributed by atoms with Gasteiger partial charge in [0.05, 0.1) is 6.10 Å². The summed E-state index contributed by atoms with van der Waals surface area (Å²) in [6.07, 6.45) is -0.396. The summed E-state index contributed by atoms with van der Waals surface area (Å²) in [6.45, 7) is 8.40. The monoisotopic (exact) mass is 287 g/mol. The molecule has 1 unspecified atom stereocenters. The maximum atomic E-state index is 9.19. The molecule has 0 aliphatic carbocycles. The summed E-state index contributed by atoms with van der Waals surface area (Å²) >= 11 is 3.36. The highest BCUT2D eigenvalue weighted by Gasteiger charge is 2.18. The fourth-order valence-corrected chi connectivity index (χ4v) is 1.48. The molecule has 1 atom stereocenters. The zero-order chi connectivity index (χ0) is 12.3. The largest absolute Gasteiger partial charge is 0.392 e. The molecule has 2 N–H and O–H groups in total. The SMILES string of the molecule is CC(O)CNc1cc(Br)nc(C(C)(C)C)n1. The van der Waals surface area contributed by atoms with Crippen LogP contribution in [-0.2, 0) is 5.41 Å². The molecule has 0 radical (unpaired) electrons. The lowest BCUT2D eigenvalue weighted by Crippen LogP contribution is -2.20. The smallest absolute Gasteiger partial charge is 0.137 e. The van der Waals surface area contributed by atoms with Crippen molar-refractivity contribution in [3.05, 3.63) is 16.5 Å². The molecule has 1 aromatic heterocycles. The molecule has 0 spiro atoms. The van der Waals surface area contributed by atoms with Crippen LogP contribution in [-0.4, -0.2) is 27.7 Å². The molecule has 90 valence electrons. The van der Waals surface area contributed by atoms with Crippen molar-refractivity contribution in [3.63, 3.8) is 0 Å². The van der Waals surface area contributed by atoms with E-state index >= 15 is 0 Å². The number of rotatable bonds is 3. The maximum Gasteiger partial charge on any atom is 0.137 e. The number of nitrogens with zero attached hydrogens (tertiary/aromatic N) is 2. The van der Waals surface area contributed by atoms with Crippen LogP contribution >= 0.6 is 15.9 Å². The first kappa shape index (κ1) is 13.4. The molecule has 0 aliphatic heterocycles. The first-order valence-corrected chi connectivity index (χ1v) is 6.05. The van der Waals surface area contributed by atoms with Gasteiger partial charge in [0, 0.05) is 18.0 Å². The summed E-state index contributed by atoms with van der Waals surface area (Å²) in [5, 5.41) is 12.3. The topological polar surface area (TPSA) is 58.0 Å². The summed E-state index contributed by atoms with van der Waals surface area (Å²) in [5.41, 5.74) is -0.0922. The standard InChI is InChI=1S/C11H18BrN3O/c1-7(16)6-13-9-5-8(12)14-10(15-9)11(2,3)4/h5,7,16H,6H2,1-4H3,(H,13,14,15). The Labute approximate surface area is 105 Å². The second kappa shape index (κ2) is 5.10. The molecule has 0 aliphatic rings. The Kier molecular flexibility index (Phi) is 4.27. The van der Waals surface area contributed by atoms with Crippen LogP contribution in [0.1, 0.15) is 33.5 Å². The van der Waals surface area contributed by atoms with Gasteiger partial charge < -0.3 is 10.4 Å². The van der Waals surface area contributed by atoms with Gasteiger partial charge in [0.15, 0.2) is 0 Å². The number of aliphatic hydroxyl groups excluding tert-OH is 1. The number of hydrogen-bond donors (Lipinski definition) is 2. The van der Waals surface area contributed by atoms with Crippen LogP contribution in [0.3, 0.4) is 0 Å². The van der Waals surface area contributed by atoms with Crippen LogP contribution in [0.2, 0.25) is 0 Å². The van der Waals surface area contributed by atoms with Gasteiger partial charge in [-0.1, -0.05) is 20.8 Å². The van der Waals surface area contributed by atoms with Crippen molar-refractivity contribution < 1.29 is 5.11 Å². The summed E-state index contributed by atoms with van der Waals surface area (Å²) in [7, 11) is 0. The molecule has 0 bridgehead atoms. The zero-order valence-corrected chi connectivity index (χ0v) is 11.7. The van der Waals surface area contributed by atoms with Crippen molar-refractivity contribution in [2.75, 3.05) is 11.9 Å². The lowest BCUT2D eigenvalue weighted by Gasteiger charge is -2.18. The van der Waals surface area contributed by atoms with E-state index in [1.54, 1.807) is 13.0 Å². The predicted octanol–water partition coefficient (Wildman–Crippen LogP) is 2.33. The average molecular weight is 288 g/mol. The average Bonchev–Trinajstić information content (AvgIpc) is 2.12. The van der Waals surface area contributed by atoms with Gasteiger partial charge in [0.1, 0.15) is 16.2 Å². The number of aliphatic hydroxyl groups is 1. The molecule has 1 aromatic rings. The third kappa shape index (κ3) is 4.06. The van der Waals surface area contributed by atoms with E-state index in [2.05, 4.69) is 52.0 Å². The van der Waals surface area contributed by atoms with Crippen molar-refractivity contribution in [2.24, 2.45) is 0 Å². The third-order valence-electron chi connectivity index (χ3n) is 1.94. The maximum absolute atomic E-state index is 9.19. The fraction of sp³-hybridized carbons (Fsp3) is 0.636. The molecule has 5 heteroatoms. The van der Waals surface area contributed by atoms with E-state index < -0.39 is 6.10 Å². The Morgan fingerprint density at radius 1 is 1.44 bits per heavy atom. The van der Waals surface area contributed by atoms with Gasteiger partial charge in [-0.05, 0) is 22.9 Å². The van der Waals surface area contributed by atoms with Gasteiger partial charge in [-0.15, -0.1) is 0 Å². The number of anilines is 1. The number of halogens is 1. The summed E-state index contributed by atoms with van der Waals surface area (Å²) in [6, 6.07) is 1.80. The van der Waals surface area contributed by atoms with Crippen LogP contribution in [0, 0.1) is 0 Å². The van der Waals surface area contributed by atoms with Crippen molar-refractivity contribution in [2.45, 2.75) is 39.2 Å². The van der Waals surface area contributed by atoms with Crippen molar-refractivity contribution in [1.82, 2.24) is 9.97 Å². The van der Waals surface area contributed by atoms with Crippen molar-refractivity contribution >= 4 is 21.7 Å². The normalized spacial score (nSPS) is 13.6. The van der Waals surface area contributed by atoms with Crippen molar-refractivity contribution in [3.8, 4) is 0 Å². The van der Waals surface area contributed by atoms with Gasteiger partial charge in [0.2, 0.25) is 0 Å². The van der Waals surface area contributed by atoms with E-state index in [-0.39, 0.29) is 5.41 Å². The summed E-state index contributed by atoms with van der Waals surface area (Å²) in [4.78, 5) is 8.75. The van der Waals surface area contributed by atoms with E-state index in [1.165, 1.54) is 0 Å². The number of aromatic nitrogens is 2. The lowest BCUT2D eigenvalue weighted by atomic mass is 9.96. The molecule has 1 rings (SSSR count). The first-order chi connectivity index (χ1) is 7.29. The Bertz CT molecular complexity index is 361. The number of nitrogens with one attached hydrogen (secondary N) is 1. The second-order valence-corrected chi connectivity index (χ2v) is 5.69. The van der Waals surface area contributed by atoms with Gasteiger partial charge in [-0.25, -0.2) is 9.97 Å². The van der Waals surface area contributed by atoms with Crippen LogP contribution in [0.25, 0.3) is 0 Å². The minimum Gasteiger partial charge on any atom is -0.392 e. The highest BCUT2D eigenvalue weighted by Crippen LogP contribution is 2.22. The Hall–Kier alpha value is -0.680. The van der Waals surface area contributed by atoms with E-state index in [9.17, 15) is 5.11 Å². The molecular weight excluding hydrogens is 270 g/mol. The quantitative estimate of drug-likeness (QED) is 0.838.